The lowest BCUT2D eigenvalue weighted by atomic mass is 9.98. The van der Waals surface area contributed by atoms with Gasteiger partial charge in [-0.3, -0.25) is 0 Å². The van der Waals surface area contributed by atoms with Crippen LogP contribution in [-0.4, -0.2) is 65.2 Å². The van der Waals surface area contributed by atoms with Crippen molar-refractivity contribution in [3.8, 4) is 12.3 Å². The van der Waals surface area contributed by atoms with Gasteiger partial charge in [-0.1, -0.05) is 11.0 Å². The van der Waals surface area contributed by atoms with Crippen molar-refractivity contribution in [3.63, 3.8) is 0 Å². The van der Waals surface area contributed by atoms with E-state index >= 15 is 0 Å². The van der Waals surface area contributed by atoms with Crippen LogP contribution in [0.15, 0.2) is 5.11 Å². The maximum atomic E-state index is 8.45. The second-order valence-electron chi connectivity index (χ2n) is 4.07. The third kappa shape index (κ3) is 3.84. The van der Waals surface area contributed by atoms with E-state index in [4.69, 9.17) is 35.6 Å². The highest BCUT2D eigenvalue weighted by Gasteiger charge is 2.47. The van der Waals surface area contributed by atoms with Crippen LogP contribution in [-0.2, 0) is 23.7 Å². The third-order valence-electron chi connectivity index (χ3n) is 3.05. The molecule has 0 bridgehead atoms. The van der Waals surface area contributed by atoms with Crippen molar-refractivity contribution < 1.29 is 23.7 Å². The maximum absolute atomic E-state index is 8.45. The predicted molar refractivity (Wildman–Crippen MR) is 69.9 cm³/mol. The minimum absolute atomic E-state index is 0.0852. The van der Waals surface area contributed by atoms with E-state index in [0.717, 1.165) is 0 Å². The number of hydrogen-bond acceptors (Lipinski definition) is 6. The zero-order valence-electron chi connectivity index (χ0n) is 11.8. The fourth-order valence-corrected chi connectivity index (χ4v) is 2.19. The number of terminal acetylenes is 1. The third-order valence-corrected chi connectivity index (χ3v) is 3.05. The second kappa shape index (κ2) is 8.76. The molecule has 112 valence electrons. The van der Waals surface area contributed by atoms with Crippen LogP contribution in [0.3, 0.4) is 0 Å². The predicted octanol–water partition coefficient (Wildman–Crippen LogP) is 0.716. The van der Waals surface area contributed by atoms with E-state index in [1.165, 1.54) is 21.3 Å². The van der Waals surface area contributed by atoms with Crippen molar-refractivity contribution in [2.24, 2.45) is 5.11 Å². The molecule has 0 aliphatic carbocycles. The number of methoxy groups -OCH3 is 3. The SMILES string of the molecule is C#CCO[C@H]1[C@H](OC)[C@@H](OC)[C@@H](OC)O[C@@H]1CN=[N+]=[N-]. The number of nitrogens with zero attached hydrogens (tertiary/aromatic N) is 3. The van der Waals surface area contributed by atoms with E-state index in [2.05, 4.69) is 15.9 Å². The second-order valence-corrected chi connectivity index (χ2v) is 4.07. The molecule has 1 saturated heterocycles. The minimum atomic E-state index is -0.644. The van der Waals surface area contributed by atoms with Crippen LogP contribution in [0.25, 0.3) is 10.4 Å². The van der Waals surface area contributed by atoms with Crippen molar-refractivity contribution >= 4 is 0 Å². The zero-order chi connectivity index (χ0) is 15.0. The van der Waals surface area contributed by atoms with Gasteiger partial charge in [0.05, 0.1) is 12.6 Å². The van der Waals surface area contributed by atoms with E-state index < -0.39 is 30.7 Å². The Bertz CT molecular complexity index is 380. The van der Waals surface area contributed by atoms with Gasteiger partial charge in [0.25, 0.3) is 0 Å². The molecule has 8 nitrogen and oxygen atoms in total. The first kappa shape index (κ1) is 16.7. The highest BCUT2D eigenvalue weighted by atomic mass is 16.7. The standard InChI is InChI=1S/C12H19N3O5/c1-5-6-19-9-8(7-14-15-13)20-12(18-4)11(17-3)10(9)16-2/h1,8-12H,6-7H2,2-4H3/t8-,9-,10+,11-,12+/m1/s1. The van der Waals surface area contributed by atoms with Crippen LogP contribution < -0.4 is 0 Å². The van der Waals surface area contributed by atoms with Crippen molar-refractivity contribution in [2.45, 2.75) is 30.7 Å². The monoisotopic (exact) mass is 285 g/mol. The molecular weight excluding hydrogens is 266 g/mol. The summed E-state index contributed by atoms with van der Waals surface area (Å²) in [5.41, 5.74) is 8.45. The molecule has 0 spiro atoms. The van der Waals surface area contributed by atoms with Gasteiger partial charge in [-0.05, 0) is 5.53 Å². The van der Waals surface area contributed by atoms with E-state index in [1.807, 2.05) is 0 Å². The molecule has 0 saturated carbocycles. The van der Waals surface area contributed by atoms with Gasteiger partial charge in [0, 0.05) is 26.2 Å². The molecule has 0 aromatic heterocycles. The summed E-state index contributed by atoms with van der Waals surface area (Å²) in [6.07, 6.45) is 2.59. The summed E-state index contributed by atoms with van der Waals surface area (Å²) >= 11 is 0. The minimum Gasteiger partial charge on any atom is -0.376 e. The van der Waals surface area contributed by atoms with Crippen LogP contribution in [0.5, 0.6) is 0 Å². The molecule has 1 aliphatic rings. The maximum Gasteiger partial charge on any atom is 0.186 e. The number of ether oxygens (including phenoxy) is 5. The molecule has 20 heavy (non-hydrogen) atoms. The Labute approximate surface area is 117 Å². The number of rotatable bonds is 7. The smallest absolute Gasteiger partial charge is 0.186 e. The van der Waals surface area contributed by atoms with E-state index in [1.54, 1.807) is 0 Å². The molecule has 8 heteroatoms. The van der Waals surface area contributed by atoms with E-state index in [0.29, 0.717) is 0 Å². The fourth-order valence-electron chi connectivity index (χ4n) is 2.19. The summed E-state index contributed by atoms with van der Waals surface area (Å²) in [4.78, 5) is 2.72. The van der Waals surface area contributed by atoms with Gasteiger partial charge in [0.2, 0.25) is 0 Å². The van der Waals surface area contributed by atoms with Crippen LogP contribution in [0.4, 0.5) is 0 Å². The normalized spacial score (nSPS) is 33.2. The Hall–Kier alpha value is -1.33. The Morgan fingerprint density at radius 2 is 1.90 bits per heavy atom. The first-order valence-electron chi connectivity index (χ1n) is 6.03. The van der Waals surface area contributed by atoms with Gasteiger partial charge in [0.15, 0.2) is 6.29 Å². The topological polar surface area (TPSA) is 94.9 Å². The first-order valence-corrected chi connectivity index (χ1v) is 6.03. The lowest BCUT2D eigenvalue weighted by Gasteiger charge is -2.44. The molecule has 0 unspecified atom stereocenters. The summed E-state index contributed by atoms with van der Waals surface area (Å²) in [5, 5.41) is 3.51. The molecule has 0 amide bonds. The molecule has 1 heterocycles. The van der Waals surface area contributed by atoms with Crippen LogP contribution in [0, 0.1) is 12.3 Å². The quantitative estimate of drug-likeness (QED) is 0.297. The average Bonchev–Trinajstić information content (AvgIpc) is 2.49. The van der Waals surface area contributed by atoms with E-state index in [-0.39, 0.29) is 13.2 Å². The van der Waals surface area contributed by atoms with Gasteiger partial charge in [-0.25, -0.2) is 0 Å². The summed E-state index contributed by atoms with van der Waals surface area (Å²) in [7, 11) is 4.56. The van der Waals surface area contributed by atoms with Crippen molar-refractivity contribution in [1.29, 1.82) is 0 Å². The lowest BCUT2D eigenvalue weighted by Crippen LogP contribution is -2.61. The van der Waals surface area contributed by atoms with Gasteiger partial charge < -0.3 is 23.7 Å². The number of azide groups is 1. The van der Waals surface area contributed by atoms with Gasteiger partial charge in [-0.15, -0.1) is 6.42 Å². The Morgan fingerprint density at radius 1 is 1.20 bits per heavy atom. The molecule has 0 radical (unpaired) electrons. The summed E-state index contributed by atoms with van der Waals surface area (Å²) in [6.45, 7) is 0.177. The molecule has 5 atom stereocenters. The van der Waals surface area contributed by atoms with Gasteiger partial charge in [0.1, 0.15) is 24.9 Å². The Balaban J connectivity index is 2.95. The molecule has 0 aromatic rings. The molecular formula is C12H19N3O5. The molecule has 0 N–H and O–H groups in total. The summed E-state index contributed by atoms with van der Waals surface area (Å²) in [5.74, 6) is 2.39. The largest absolute Gasteiger partial charge is 0.376 e. The Kier molecular flexibility index (Phi) is 7.33. The van der Waals surface area contributed by atoms with Crippen molar-refractivity contribution in [1.82, 2.24) is 0 Å². The highest BCUT2D eigenvalue weighted by molar-refractivity contribution is 4.95. The molecule has 1 rings (SSSR count). The molecule has 0 aromatic carbocycles. The first-order chi connectivity index (χ1) is 9.73. The average molecular weight is 285 g/mol. The van der Waals surface area contributed by atoms with Gasteiger partial charge >= 0.3 is 0 Å². The summed E-state index contributed by atoms with van der Waals surface area (Å²) in [6, 6.07) is 0. The molecule has 1 fully saturated rings. The van der Waals surface area contributed by atoms with Gasteiger partial charge in [-0.2, -0.15) is 0 Å². The highest BCUT2D eigenvalue weighted by Crippen LogP contribution is 2.28. The molecule has 1 aliphatic heterocycles. The lowest BCUT2D eigenvalue weighted by molar-refractivity contribution is -0.301. The van der Waals surface area contributed by atoms with Crippen LogP contribution in [0.2, 0.25) is 0 Å². The Morgan fingerprint density at radius 3 is 2.40 bits per heavy atom. The number of hydrogen-bond donors (Lipinski definition) is 0. The summed E-state index contributed by atoms with van der Waals surface area (Å²) < 4.78 is 27.3. The fraction of sp³-hybridized carbons (Fsp3) is 0.833. The van der Waals surface area contributed by atoms with Crippen LogP contribution >= 0.6 is 0 Å². The van der Waals surface area contributed by atoms with Crippen molar-refractivity contribution in [2.75, 3.05) is 34.5 Å². The zero-order valence-corrected chi connectivity index (χ0v) is 11.8. The van der Waals surface area contributed by atoms with Crippen LogP contribution in [0.1, 0.15) is 0 Å². The van der Waals surface area contributed by atoms with E-state index in [9.17, 15) is 0 Å². The van der Waals surface area contributed by atoms with Crippen molar-refractivity contribution in [3.05, 3.63) is 10.4 Å².